The van der Waals surface area contributed by atoms with Gasteiger partial charge in [0.15, 0.2) is 0 Å². The van der Waals surface area contributed by atoms with E-state index < -0.39 is 11.2 Å². The number of nitrogens with zero attached hydrogens (tertiary/aromatic N) is 1. The van der Waals surface area contributed by atoms with Gasteiger partial charge in [-0.1, -0.05) is 36.6 Å². The molecule has 3 aromatic rings. The first-order valence-corrected chi connectivity index (χ1v) is 13.1. The molecule has 2 heterocycles. The van der Waals surface area contributed by atoms with Crippen LogP contribution < -0.4 is 10.4 Å². The smallest absolute Gasteiger partial charge is 0.340 e. The second kappa shape index (κ2) is 9.91. The van der Waals surface area contributed by atoms with Gasteiger partial charge in [-0.3, -0.25) is 4.79 Å². The van der Waals surface area contributed by atoms with Crippen molar-refractivity contribution in [3.05, 3.63) is 74.1 Å². The van der Waals surface area contributed by atoms with Crippen LogP contribution in [0.5, 0.6) is 5.75 Å². The monoisotopic (exact) mass is 509 g/mol. The summed E-state index contributed by atoms with van der Waals surface area (Å²) < 4.78 is 11.7. The van der Waals surface area contributed by atoms with Crippen molar-refractivity contribution in [3.63, 3.8) is 0 Å². The van der Waals surface area contributed by atoms with Crippen molar-refractivity contribution in [1.29, 1.82) is 0 Å². The van der Waals surface area contributed by atoms with Crippen LogP contribution in [0.1, 0.15) is 54.4 Å². The minimum Gasteiger partial charge on any atom is -0.488 e. The predicted octanol–water partition coefficient (Wildman–Crippen LogP) is 5.34. The number of ether oxygens (including phenoxy) is 1. The number of carbonyl (C=O) groups excluding carboxylic acids is 1. The molecule has 0 bridgehead atoms. The highest BCUT2D eigenvalue weighted by atomic mass is 35.5. The Morgan fingerprint density at radius 3 is 2.83 bits per heavy atom. The molecular formula is C29H32ClNO5. The molecule has 0 unspecified atom stereocenters. The van der Waals surface area contributed by atoms with E-state index in [1.807, 2.05) is 55.1 Å². The summed E-state index contributed by atoms with van der Waals surface area (Å²) in [6, 6.07) is 11.2. The fraction of sp³-hybridized carbons (Fsp3) is 0.448. The van der Waals surface area contributed by atoms with Gasteiger partial charge in [0.2, 0.25) is 5.91 Å². The first-order chi connectivity index (χ1) is 17.2. The molecule has 36 heavy (non-hydrogen) atoms. The molecule has 1 aliphatic heterocycles. The molecule has 7 heteroatoms. The van der Waals surface area contributed by atoms with Gasteiger partial charge < -0.3 is 19.2 Å². The number of piperidine rings is 1. The van der Waals surface area contributed by atoms with Gasteiger partial charge in [0, 0.05) is 35.0 Å². The number of aliphatic hydroxyl groups is 1. The third-order valence-electron chi connectivity index (χ3n) is 8.05. The van der Waals surface area contributed by atoms with E-state index in [4.69, 9.17) is 20.8 Å². The van der Waals surface area contributed by atoms with Crippen molar-refractivity contribution in [2.24, 2.45) is 5.92 Å². The summed E-state index contributed by atoms with van der Waals surface area (Å²) in [7, 11) is 0. The summed E-state index contributed by atoms with van der Waals surface area (Å²) in [4.78, 5) is 28.0. The van der Waals surface area contributed by atoms with Crippen molar-refractivity contribution in [1.82, 2.24) is 4.90 Å². The minimum atomic E-state index is -0.642. The highest BCUT2D eigenvalue weighted by Gasteiger charge is 2.43. The van der Waals surface area contributed by atoms with Crippen LogP contribution in [0.3, 0.4) is 0 Å². The summed E-state index contributed by atoms with van der Waals surface area (Å²) >= 11 is 6.06. The van der Waals surface area contributed by atoms with Gasteiger partial charge in [0.25, 0.3) is 0 Å². The second-order valence-corrected chi connectivity index (χ2v) is 10.7. The van der Waals surface area contributed by atoms with E-state index in [1.54, 1.807) is 0 Å². The molecule has 2 aliphatic rings. The molecular weight excluding hydrogens is 478 g/mol. The molecule has 2 aromatic carbocycles. The van der Waals surface area contributed by atoms with Crippen molar-refractivity contribution >= 4 is 28.5 Å². The van der Waals surface area contributed by atoms with E-state index in [9.17, 15) is 14.7 Å². The lowest BCUT2D eigenvalue weighted by atomic mass is 9.71. The Morgan fingerprint density at radius 1 is 1.19 bits per heavy atom. The number of halogens is 1. The Morgan fingerprint density at radius 2 is 2.03 bits per heavy atom. The molecule has 5 rings (SSSR count). The molecule has 1 saturated heterocycles. The first kappa shape index (κ1) is 24.8. The number of fused-ring (bicyclic) bond motifs is 2. The lowest BCUT2D eigenvalue weighted by Gasteiger charge is -2.47. The van der Waals surface area contributed by atoms with E-state index in [1.165, 1.54) is 0 Å². The molecule has 1 N–H and O–H groups in total. The van der Waals surface area contributed by atoms with Crippen molar-refractivity contribution in [2.75, 3.05) is 13.1 Å². The van der Waals surface area contributed by atoms with Gasteiger partial charge in [0.1, 0.15) is 17.9 Å². The van der Waals surface area contributed by atoms with Crippen molar-refractivity contribution < 1.29 is 19.1 Å². The number of aryl methyl sites for hydroxylation is 2. The van der Waals surface area contributed by atoms with Gasteiger partial charge in [-0.2, -0.15) is 0 Å². The maximum Gasteiger partial charge on any atom is 0.340 e. The molecule has 1 aliphatic carbocycles. The van der Waals surface area contributed by atoms with Crippen LogP contribution in [0.4, 0.5) is 0 Å². The first-order valence-electron chi connectivity index (χ1n) is 12.7. The van der Waals surface area contributed by atoms with E-state index in [0.29, 0.717) is 48.0 Å². The van der Waals surface area contributed by atoms with E-state index >= 15 is 0 Å². The second-order valence-electron chi connectivity index (χ2n) is 10.3. The lowest BCUT2D eigenvalue weighted by Crippen LogP contribution is -2.55. The van der Waals surface area contributed by atoms with Crippen LogP contribution in [0.25, 0.3) is 11.0 Å². The lowest BCUT2D eigenvalue weighted by molar-refractivity contribution is -0.142. The van der Waals surface area contributed by atoms with Crippen LogP contribution in [-0.2, 0) is 17.8 Å². The minimum absolute atomic E-state index is 0.00131. The molecule has 1 aromatic heterocycles. The molecule has 0 radical (unpaired) electrons. The van der Waals surface area contributed by atoms with Crippen molar-refractivity contribution in [2.45, 2.75) is 64.6 Å². The predicted molar refractivity (Wildman–Crippen MR) is 140 cm³/mol. The highest BCUT2D eigenvalue weighted by Crippen LogP contribution is 2.40. The largest absolute Gasteiger partial charge is 0.488 e. The fourth-order valence-electron chi connectivity index (χ4n) is 5.78. The molecule has 1 amide bonds. The standard InChI is InChI=1S/C29H32ClNO5/c1-18-23-9-10-25(35-17-20-6-5-8-22(30)14-20)19(2)27(23)36-28(33)24(18)15-26(32)31-13-12-29(34)11-4-3-7-21(29)16-31/h5-6,8-10,14,21,34H,3-4,7,11-13,15-17H2,1-2H3/t21-,29+/m0/s1. The third-order valence-corrected chi connectivity index (χ3v) is 8.28. The Bertz CT molecular complexity index is 1370. The Balaban J connectivity index is 1.35. The molecule has 190 valence electrons. The number of benzene rings is 2. The Labute approximate surface area is 215 Å². The Kier molecular flexibility index (Phi) is 6.84. The zero-order valence-corrected chi connectivity index (χ0v) is 21.6. The number of hydrogen-bond acceptors (Lipinski definition) is 5. The summed E-state index contributed by atoms with van der Waals surface area (Å²) in [5.41, 5.74) is 2.17. The molecule has 6 nitrogen and oxygen atoms in total. The van der Waals surface area contributed by atoms with E-state index in [-0.39, 0.29) is 18.2 Å². The third kappa shape index (κ3) is 4.76. The number of likely N-dealkylation sites (tertiary alicyclic amines) is 1. The topological polar surface area (TPSA) is 80.0 Å². The van der Waals surface area contributed by atoms with Gasteiger partial charge >= 0.3 is 5.63 Å². The summed E-state index contributed by atoms with van der Waals surface area (Å²) in [5, 5.41) is 12.4. The summed E-state index contributed by atoms with van der Waals surface area (Å²) in [6.07, 6.45) is 4.50. The average Bonchev–Trinajstić information content (AvgIpc) is 2.86. The summed E-state index contributed by atoms with van der Waals surface area (Å²) in [6.45, 7) is 5.15. The Hall–Kier alpha value is -2.83. The zero-order chi connectivity index (χ0) is 25.4. The van der Waals surface area contributed by atoms with Gasteiger partial charge in [-0.15, -0.1) is 0 Å². The molecule has 0 spiro atoms. The number of amides is 1. The normalized spacial score (nSPS) is 21.9. The maximum absolute atomic E-state index is 13.2. The van der Waals surface area contributed by atoms with E-state index in [0.717, 1.165) is 47.8 Å². The molecule has 2 fully saturated rings. The summed E-state index contributed by atoms with van der Waals surface area (Å²) in [5.74, 6) is 0.656. The van der Waals surface area contributed by atoms with Gasteiger partial charge in [0.05, 0.1) is 17.6 Å². The number of carbonyl (C=O) groups is 1. The quantitative estimate of drug-likeness (QED) is 0.470. The van der Waals surface area contributed by atoms with E-state index in [2.05, 4.69) is 0 Å². The highest BCUT2D eigenvalue weighted by molar-refractivity contribution is 6.30. The zero-order valence-electron chi connectivity index (χ0n) is 20.8. The SMILES string of the molecule is Cc1c(CC(=O)N2CC[C@]3(O)CCCC[C@H]3C2)c(=O)oc2c(C)c(OCc3cccc(Cl)c3)ccc12. The molecule has 2 atom stereocenters. The average molecular weight is 510 g/mol. The molecule has 1 saturated carbocycles. The maximum atomic E-state index is 13.2. The van der Waals surface area contributed by atoms with Crippen LogP contribution >= 0.6 is 11.6 Å². The number of hydrogen-bond donors (Lipinski definition) is 1. The number of rotatable bonds is 5. The van der Waals surface area contributed by atoms with Crippen molar-refractivity contribution in [3.8, 4) is 5.75 Å². The van der Waals surface area contributed by atoms with Crippen LogP contribution in [0, 0.1) is 19.8 Å². The van der Waals surface area contributed by atoms with Gasteiger partial charge in [-0.25, -0.2) is 4.79 Å². The van der Waals surface area contributed by atoms with Crippen LogP contribution in [0.2, 0.25) is 5.02 Å². The van der Waals surface area contributed by atoms with Crippen LogP contribution in [-0.4, -0.2) is 34.6 Å². The van der Waals surface area contributed by atoms with Crippen LogP contribution in [0.15, 0.2) is 45.6 Å². The van der Waals surface area contributed by atoms with Gasteiger partial charge in [-0.05, 0) is 68.5 Å². The fourth-order valence-corrected chi connectivity index (χ4v) is 5.99.